The Labute approximate surface area is 164 Å². The molecule has 1 N–H and O–H groups in total. The number of rotatable bonds is 8. The SMILES string of the molecule is C1=CN(CCCc2nnn[nH]2)CC=C1OC(c1ccccc1)c1ccccc1. The van der Waals surface area contributed by atoms with Crippen molar-refractivity contribution in [2.45, 2.75) is 18.9 Å². The molecule has 0 saturated carbocycles. The van der Waals surface area contributed by atoms with Crippen LogP contribution >= 0.6 is 0 Å². The molecule has 28 heavy (non-hydrogen) atoms. The Balaban J connectivity index is 1.37. The van der Waals surface area contributed by atoms with Gasteiger partial charge in [0.15, 0.2) is 0 Å². The van der Waals surface area contributed by atoms with E-state index in [9.17, 15) is 0 Å². The highest BCUT2D eigenvalue weighted by Crippen LogP contribution is 2.29. The number of benzene rings is 2. The number of nitrogens with one attached hydrogen (secondary N) is 1. The quantitative estimate of drug-likeness (QED) is 0.653. The molecule has 0 atom stereocenters. The minimum absolute atomic E-state index is 0.121. The van der Waals surface area contributed by atoms with E-state index in [1.54, 1.807) is 0 Å². The summed E-state index contributed by atoms with van der Waals surface area (Å²) in [7, 11) is 0. The van der Waals surface area contributed by atoms with E-state index < -0.39 is 0 Å². The summed E-state index contributed by atoms with van der Waals surface area (Å²) in [6.07, 6.45) is 7.98. The molecule has 3 aromatic rings. The molecule has 6 nitrogen and oxygen atoms in total. The van der Waals surface area contributed by atoms with Crippen LogP contribution in [0.25, 0.3) is 0 Å². The number of hydrogen-bond donors (Lipinski definition) is 1. The van der Waals surface area contributed by atoms with Gasteiger partial charge in [0.05, 0.1) is 0 Å². The average molecular weight is 373 g/mol. The first kappa shape index (κ1) is 18.0. The number of nitrogens with zero attached hydrogens (tertiary/aromatic N) is 4. The Morgan fingerprint density at radius 1 is 1.00 bits per heavy atom. The lowest BCUT2D eigenvalue weighted by molar-refractivity contribution is 0.156. The zero-order valence-electron chi connectivity index (χ0n) is 15.6. The van der Waals surface area contributed by atoms with Crippen LogP contribution in [0.15, 0.2) is 84.8 Å². The first-order chi connectivity index (χ1) is 13.9. The smallest absolute Gasteiger partial charge is 0.149 e. The summed E-state index contributed by atoms with van der Waals surface area (Å²) >= 11 is 0. The van der Waals surface area contributed by atoms with Gasteiger partial charge in [0.1, 0.15) is 17.7 Å². The summed E-state index contributed by atoms with van der Waals surface area (Å²) in [4.78, 5) is 2.26. The predicted molar refractivity (Wildman–Crippen MR) is 107 cm³/mol. The molecule has 2 aromatic carbocycles. The fourth-order valence-corrected chi connectivity index (χ4v) is 3.22. The Morgan fingerprint density at radius 2 is 1.71 bits per heavy atom. The largest absolute Gasteiger partial charge is 0.481 e. The number of aryl methyl sites for hydroxylation is 1. The Bertz CT molecular complexity index is 867. The van der Waals surface area contributed by atoms with Crippen molar-refractivity contribution in [1.29, 1.82) is 0 Å². The van der Waals surface area contributed by atoms with Crippen LogP contribution in [0.2, 0.25) is 0 Å². The van der Waals surface area contributed by atoms with Gasteiger partial charge in [-0.3, -0.25) is 0 Å². The lowest BCUT2D eigenvalue weighted by Gasteiger charge is -2.26. The number of ether oxygens (including phenoxy) is 1. The van der Waals surface area contributed by atoms with E-state index in [0.717, 1.165) is 48.6 Å². The maximum atomic E-state index is 6.39. The predicted octanol–water partition coefficient (Wildman–Crippen LogP) is 3.65. The second kappa shape index (κ2) is 8.99. The van der Waals surface area contributed by atoms with Crippen LogP contribution in [0.5, 0.6) is 0 Å². The molecule has 0 radical (unpaired) electrons. The summed E-state index contributed by atoms with van der Waals surface area (Å²) in [6.45, 7) is 1.78. The van der Waals surface area contributed by atoms with Gasteiger partial charge >= 0.3 is 0 Å². The Hall–Kier alpha value is -3.41. The maximum Gasteiger partial charge on any atom is 0.149 e. The molecular formula is C22H23N5O. The van der Waals surface area contributed by atoms with Crippen molar-refractivity contribution in [3.05, 3.63) is 102 Å². The minimum atomic E-state index is -0.121. The zero-order chi connectivity index (χ0) is 19.0. The van der Waals surface area contributed by atoms with Crippen LogP contribution < -0.4 is 0 Å². The van der Waals surface area contributed by atoms with Crippen molar-refractivity contribution >= 4 is 0 Å². The van der Waals surface area contributed by atoms with E-state index in [-0.39, 0.29) is 6.10 Å². The van der Waals surface area contributed by atoms with Gasteiger partial charge in [0.25, 0.3) is 0 Å². The third-order valence-electron chi connectivity index (χ3n) is 4.68. The van der Waals surface area contributed by atoms with Crippen molar-refractivity contribution in [1.82, 2.24) is 25.5 Å². The van der Waals surface area contributed by atoms with Gasteiger partial charge in [-0.15, -0.1) is 5.10 Å². The molecule has 6 heteroatoms. The molecule has 0 spiro atoms. The molecule has 1 aromatic heterocycles. The summed E-state index contributed by atoms with van der Waals surface area (Å²) in [5.74, 6) is 1.72. The number of aromatic nitrogens is 4. The van der Waals surface area contributed by atoms with E-state index in [1.807, 2.05) is 42.5 Å². The number of aromatic amines is 1. The van der Waals surface area contributed by atoms with Crippen LogP contribution in [0.1, 0.15) is 29.5 Å². The monoisotopic (exact) mass is 373 g/mol. The average Bonchev–Trinajstić information content (AvgIpc) is 3.28. The molecule has 142 valence electrons. The van der Waals surface area contributed by atoms with Crippen LogP contribution in [0.3, 0.4) is 0 Å². The first-order valence-corrected chi connectivity index (χ1v) is 9.50. The van der Waals surface area contributed by atoms with E-state index in [0.29, 0.717) is 0 Å². The standard InChI is InChI=1S/C22H23N5O/c1-3-8-18(9-4-1)22(19-10-5-2-6-11-19)28-20-13-16-27(17-14-20)15-7-12-21-23-25-26-24-21/h1-6,8-11,13-14,16,22H,7,12,15,17H2,(H,23,24,25,26). The fraction of sp³-hybridized carbons (Fsp3) is 0.227. The normalized spacial score (nSPS) is 13.6. The second-order valence-corrected chi connectivity index (χ2v) is 6.69. The van der Waals surface area contributed by atoms with Crippen molar-refractivity contribution in [3.8, 4) is 0 Å². The summed E-state index contributed by atoms with van der Waals surface area (Å²) < 4.78 is 6.39. The topological polar surface area (TPSA) is 66.9 Å². The molecular weight excluding hydrogens is 350 g/mol. The van der Waals surface area contributed by atoms with Crippen LogP contribution in [0.4, 0.5) is 0 Å². The molecule has 0 aliphatic carbocycles. The van der Waals surface area contributed by atoms with E-state index >= 15 is 0 Å². The molecule has 0 bridgehead atoms. The number of allylic oxidation sites excluding steroid dienone is 1. The third-order valence-corrected chi connectivity index (χ3v) is 4.68. The first-order valence-electron chi connectivity index (χ1n) is 9.50. The lowest BCUT2D eigenvalue weighted by atomic mass is 10.0. The molecule has 0 unspecified atom stereocenters. The van der Waals surface area contributed by atoms with Crippen molar-refractivity contribution in [3.63, 3.8) is 0 Å². The van der Waals surface area contributed by atoms with Crippen LogP contribution in [-0.2, 0) is 11.2 Å². The molecule has 2 heterocycles. The molecule has 4 rings (SSSR count). The highest BCUT2D eigenvalue weighted by atomic mass is 16.5. The van der Waals surface area contributed by atoms with E-state index in [1.165, 1.54) is 0 Å². The highest BCUT2D eigenvalue weighted by molar-refractivity contribution is 5.31. The summed E-state index contributed by atoms with van der Waals surface area (Å²) in [6, 6.07) is 20.7. The van der Waals surface area contributed by atoms with Crippen molar-refractivity contribution in [2.75, 3.05) is 13.1 Å². The number of tetrazole rings is 1. The second-order valence-electron chi connectivity index (χ2n) is 6.69. The van der Waals surface area contributed by atoms with Crippen molar-refractivity contribution in [2.24, 2.45) is 0 Å². The lowest BCUT2D eigenvalue weighted by Crippen LogP contribution is -2.22. The summed E-state index contributed by atoms with van der Waals surface area (Å²) in [5, 5.41) is 13.9. The fourth-order valence-electron chi connectivity index (χ4n) is 3.22. The van der Waals surface area contributed by atoms with Gasteiger partial charge in [-0.25, -0.2) is 5.10 Å². The van der Waals surface area contributed by atoms with Gasteiger partial charge < -0.3 is 9.64 Å². The number of hydrogen-bond acceptors (Lipinski definition) is 5. The maximum absolute atomic E-state index is 6.39. The van der Waals surface area contributed by atoms with Gasteiger partial charge in [0, 0.05) is 25.7 Å². The summed E-state index contributed by atoms with van der Waals surface area (Å²) in [5.41, 5.74) is 2.29. The number of H-pyrrole nitrogens is 1. The molecule has 1 aliphatic heterocycles. The van der Waals surface area contributed by atoms with E-state index in [4.69, 9.17) is 4.74 Å². The Morgan fingerprint density at radius 3 is 2.29 bits per heavy atom. The Kier molecular flexibility index (Phi) is 5.77. The van der Waals surface area contributed by atoms with E-state index in [2.05, 4.69) is 62.1 Å². The van der Waals surface area contributed by atoms with Crippen LogP contribution in [0, 0.1) is 0 Å². The molecule has 0 saturated heterocycles. The zero-order valence-corrected chi connectivity index (χ0v) is 15.6. The van der Waals surface area contributed by atoms with Gasteiger partial charge in [0.2, 0.25) is 0 Å². The molecule has 0 fully saturated rings. The van der Waals surface area contributed by atoms with Gasteiger partial charge in [-0.2, -0.15) is 0 Å². The third kappa shape index (κ3) is 4.65. The van der Waals surface area contributed by atoms with Crippen LogP contribution in [-0.4, -0.2) is 38.6 Å². The highest BCUT2D eigenvalue weighted by Gasteiger charge is 2.17. The van der Waals surface area contributed by atoms with Gasteiger partial charge in [-0.05, 0) is 40.1 Å². The molecule has 1 aliphatic rings. The minimum Gasteiger partial charge on any atom is -0.481 e. The molecule has 0 amide bonds. The van der Waals surface area contributed by atoms with Gasteiger partial charge in [-0.1, -0.05) is 60.7 Å². The van der Waals surface area contributed by atoms with Crippen molar-refractivity contribution < 1.29 is 4.74 Å².